The molecule has 0 saturated carbocycles. The van der Waals surface area contributed by atoms with E-state index in [1.54, 1.807) is 12.1 Å². The molecule has 0 saturated heterocycles. The third-order valence-electron chi connectivity index (χ3n) is 4.17. The Kier molecular flexibility index (Phi) is 8.91. The van der Waals surface area contributed by atoms with Crippen molar-refractivity contribution in [1.82, 2.24) is 0 Å². The van der Waals surface area contributed by atoms with Crippen LogP contribution in [0.3, 0.4) is 0 Å². The van der Waals surface area contributed by atoms with Crippen molar-refractivity contribution in [2.45, 2.75) is 0 Å². The quantitative estimate of drug-likeness (QED) is 0.292. The molecule has 0 aromatic heterocycles. The van der Waals surface area contributed by atoms with Gasteiger partial charge in [0.15, 0.2) is 5.78 Å². The maximum Gasteiger partial charge on any atom is 0.185 e. The van der Waals surface area contributed by atoms with Gasteiger partial charge in [0.2, 0.25) is 0 Å². The van der Waals surface area contributed by atoms with Crippen LogP contribution >= 0.6 is 0 Å². The van der Waals surface area contributed by atoms with Crippen LogP contribution in [-0.2, 0) is 0 Å². The van der Waals surface area contributed by atoms with Crippen LogP contribution in [0.5, 0.6) is 0 Å². The van der Waals surface area contributed by atoms with Crippen molar-refractivity contribution in [1.29, 1.82) is 0 Å². The second-order valence-electron chi connectivity index (χ2n) is 6.51. The molecule has 0 atom stereocenters. The minimum atomic E-state index is -0.0272. The fourth-order valence-corrected chi connectivity index (χ4v) is 2.58. The van der Waals surface area contributed by atoms with E-state index >= 15 is 0 Å². The minimum absolute atomic E-state index is 0.0272. The van der Waals surface area contributed by atoms with Gasteiger partial charge in [-0.2, -0.15) is 0 Å². The number of ketones is 1. The first-order valence-corrected chi connectivity index (χ1v) is 9.50. The van der Waals surface area contributed by atoms with Crippen molar-refractivity contribution in [3.05, 3.63) is 127 Å². The molecule has 4 aromatic carbocycles. The Hall–Kier alpha value is -3.65. The van der Waals surface area contributed by atoms with Crippen LogP contribution in [0.15, 0.2) is 122 Å². The summed E-state index contributed by atoms with van der Waals surface area (Å²) in [5.74, 6) is -0.0272. The zero-order valence-corrected chi connectivity index (χ0v) is 17.0. The van der Waals surface area contributed by atoms with Gasteiger partial charge in [0.1, 0.15) is 0 Å². The van der Waals surface area contributed by atoms with Crippen LogP contribution in [0.25, 0.3) is 10.8 Å². The van der Waals surface area contributed by atoms with Gasteiger partial charge in [0, 0.05) is 25.3 Å². The summed E-state index contributed by atoms with van der Waals surface area (Å²) in [5, 5.41) is 2.62. The van der Waals surface area contributed by atoms with Gasteiger partial charge >= 0.3 is 0 Å². The molecule has 0 fully saturated rings. The predicted molar refractivity (Wildman–Crippen MR) is 126 cm³/mol. The highest BCUT2D eigenvalue weighted by molar-refractivity contribution is 6.04. The van der Waals surface area contributed by atoms with Crippen LogP contribution in [0, 0.1) is 0 Å². The smallest absolute Gasteiger partial charge is 0.185 e. The number of para-hydroxylation sites is 1. The second-order valence-corrected chi connectivity index (χ2v) is 6.51. The molecule has 2 heteroatoms. The number of rotatable bonds is 3. The number of anilines is 1. The summed E-state index contributed by atoms with van der Waals surface area (Å²) in [6.45, 7) is 3.39. The van der Waals surface area contributed by atoms with E-state index in [1.165, 1.54) is 22.5 Å². The first-order valence-electron chi connectivity index (χ1n) is 9.50. The number of allylic oxidation sites excluding steroid dienone is 1. The molecule has 0 N–H and O–H groups in total. The van der Waals surface area contributed by atoms with Gasteiger partial charge in [-0.15, -0.1) is 0 Å². The molecule has 0 bridgehead atoms. The van der Waals surface area contributed by atoms with E-state index in [-0.39, 0.29) is 5.78 Å². The number of fused-ring (bicyclic) bond motifs is 1. The molecule has 0 aliphatic heterocycles. The van der Waals surface area contributed by atoms with Crippen LogP contribution in [-0.4, -0.2) is 19.9 Å². The van der Waals surface area contributed by atoms with Gasteiger partial charge in [0.05, 0.1) is 0 Å². The molecule has 4 aromatic rings. The molecule has 0 spiro atoms. The highest BCUT2D eigenvalue weighted by Crippen LogP contribution is 2.11. The Morgan fingerprint density at radius 1 is 0.655 bits per heavy atom. The SMILES string of the molecule is C=CC(=O)c1ccccc1.CN(C)c1ccccc1.c1ccc2ccccc2c1. The van der Waals surface area contributed by atoms with E-state index in [0.29, 0.717) is 5.56 Å². The maximum atomic E-state index is 10.9. The lowest BCUT2D eigenvalue weighted by atomic mass is 10.1. The molecule has 0 heterocycles. The molecular formula is C27H27NO. The van der Waals surface area contributed by atoms with E-state index in [9.17, 15) is 4.79 Å². The summed E-state index contributed by atoms with van der Waals surface area (Å²) in [6.07, 6.45) is 1.31. The standard InChI is InChI=1S/C10H8.C9H8O.C8H11N/c1-2-6-10-8-4-3-7-9(10)5-1;1-2-9(10)8-6-4-3-5-7-8;1-9(2)8-6-4-3-5-7-8/h1-8H;2-7H,1H2;3-7H,1-2H3. The van der Waals surface area contributed by atoms with E-state index < -0.39 is 0 Å². The van der Waals surface area contributed by atoms with Crippen molar-refractivity contribution >= 4 is 22.2 Å². The highest BCUT2D eigenvalue weighted by Gasteiger charge is 1.95. The van der Waals surface area contributed by atoms with Crippen molar-refractivity contribution in [2.24, 2.45) is 0 Å². The summed E-state index contributed by atoms with van der Waals surface area (Å²) < 4.78 is 0. The Morgan fingerprint density at radius 3 is 1.38 bits per heavy atom. The topological polar surface area (TPSA) is 20.3 Å². The zero-order valence-electron chi connectivity index (χ0n) is 17.0. The maximum absolute atomic E-state index is 10.9. The lowest BCUT2D eigenvalue weighted by molar-refractivity contribution is 0.104. The summed E-state index contributed by atoms with van der Waals surface area (Å²) in [7, 11) is 4.07. The van der Waals surface area contributed by atoms with Gasteiger partial charge < -0.3 is 4.90 Å². The van der Waals surface area contributed by atoms with Gasteiger partial charge in [-0.3, -0.25) is 4.79 Å². The molecule has 0 amide bonds. The number of carbonyl (C=O) groups excluding carboxylic acids is 1. The van der Waals surface area contributed by atoms with Crippen molar-refractivity contribution in [3.8, 4) is 0 Å². The lowest BCUT2D eigenvalue weighted by Crippen LogP contribution is -2.07. The lowest BCUT2D eigenvalue weighted by Gasteiger charge is -2.10. The van der Waals surface area contributed by atoms with Crippen molar-refractivity contribution < 1.29 is 4.79 Å². The largest absolute Gasteiger partial charge is 0.378 e. The summed E-state index contributed by atoms with van der Waals surface area (Å²) in [5.41, 5.74) is 1.94. The number of carbonyl (C=O) groups is 1. The Labute approximate surface area is 173 Å². The third-order valence-corrected chi connectivity index (χ3v) is 4.17. The number of benzene rings is 4. The van der Waals surface area contributed by atoms with E-state index in [4.69, 9.17) is 0 Å². The van der Waals surface area contributed by atoms with Crippen LogP contribution in [0.2, 0.25) is 0 Å². The molecule has 4 rings (SSSR count). The summed E-state index contributed by atoms with van der Waals surface area (Å²) in [6, 6.07) is 36.0. The fourth-order valence-electron chi connectivity index (χ4n) is 2.58. The highest BCUT2D eigenvalue weighted by atomic mass is 16.1. The van der Waals surface area contributed by atoms with Crippen LogP contribution < -0.4 is 4.90 Å². The molecule has 146 valence electrons. The number of hydrogen-bond donors (Lipinski definition) is 0. The third kappa shape index (κ3) is 7.47. The van der Waals surface area contributed by atoms with Gasteiger partial charge in [-0.25, -0.2) is 0 Å². The molecule has 0 aliphatic rings. The van der Waals surface area contributed by atoms with E-state index in [0.717, 1.165) is 0 Å². The molecule has 0 unspecified atom stereocenters. The normalized spacial score (nSPS) is 9.31. The Bertz CT molecular complexity index is 943. The van der Waals surface area contributed by atoms with Gasteiger partial charge in [-0.1, -0.05) is 104 Å². The molecule has 0 radical (unpaired) electrons. The monoisotopic (exact) mass is 381 g/mol. The van der Waals surface area contributed by atoms with Crippen LogP contribution in [0.4, 0.5) is 5.69 Å². The van der Waals surface area contributed by atoms with Crippen LogP contribution in [0.1, 0.15) is 10.4 Å². The predicted octanol–water partition coefficient (Wildman–Crippen LogP) is 6.65. The first-order chi connectivity index (χ1) is 14.1. The van der Waals surface area contributed by atoms with Gasteiger partial charge in [0.25, 0.3) is 0 Å². The van der Waals surface area contributed by atoms with Gasteiger partial charge in [-0.05, 0) is 29.0 Å². The fraction of sp³-hybridized carbons (Fsp3) is 0.0741. The molecular weight excluding hydrogens is 354 g/mol. The number of hydrogen-bond acceptors (Lipinski definition) is 2. The molecule has 2 nitrogen and oxygen atoms in total. The van der Waals surface area contributed by atoms with E-state index in [2.05, 4.69) is 72.1 Å². The first kappa shape index (κ1) is 21.6. The average molecular weight is 382 g/mol. The average Bonchev–Trinajstić information content (AvgIpc) is 2.80. The molecule has 0 aliphatic carbocycles. The Balaban J connectivity index is 0.000000156. The second kappa shape index (κ2) is 11.9. The van der Waals surface area contributed by atoms with Crippen molar-refractivity contribution in [2.75, 3.05) is 19.0 Å². The molecule has 29 heavy (non-hydrogen) atoms. The van der Waals surface area contributed by atoms with Crippen molar-refractivity contribution in [3.63, 3.8) is 0 Å². The minimum Gasteiger partial charge on any atom is -0.378 e. The summed E-state index contributed by atoms with van der Waals surface area (Å²) >= 11 is 0. The number of nitrogens with zero attached hydrogens (tertiary/aromatic N) is 1. The summed E-state index contributed by atoms with van der Waals surface area (Å²) in [4.78, 5) is 13.0. The Morgan fingerprint density at radius 2 is 1.03 bits per heavy atom. The zero-order chi connectivity index (χ0) is 20.9. The van der Waals surface area contributed by atoms with E-state index in [1.807, 2.05) is 50.5 Å².